The summed E-state index contributed by atoms with van der Waals surface area (Å²) in [5, 5.41) is 3.83. The average Bonchev–Trinajstić information content (AvgIpc) is 2.28. The quantitative estimate of drug-likeness (QED) is 0.787. The highest BCUT2D eigenvalue weighted by atomic mass is 35.5. The molecule has 0 aliphatic carbocycles. The van der Waals surface area contributed by atoms with E-state index in [9.17, 15) is 4.39 Å². The Hall–Kier alpha value is -0.600. The lowest BCUT2D eigenvalue weighted by molar-refractivity contribution is 0.398. The van der Waals surface area contributed by atoms with Gasteiger partial charge in [-0.15, -0.1) is 0 Å². The Labute approximate surface area is 108 Å². The molecular weight excluding hydrogens is 237 g/mol. The summed E-state index contributed by atoms with van der Waals surface area (Å²) in [7, 11) is 0. The van der Waals surface area contributed by atoms with Gasteiger partial charge in [0.25, 0.3) is 0 Å². The summed E-state index contributed by atoms with van der Waals surface area (Å²) in [6.07, 6.45) is 2.00. The van der Waals surface area contributed by atoms with E-state index in [0.717, 1.165) is 19.4 Å². The van der Waals surface area contributed by atoms with Crippen LogP contribution in [0.15, 0.2) is 18.2 Å². The van der Waals surface area contributed by atoms with Crippen LogP contribution in [0, 0.1) is 11.7 Å². The number of benzene rings is 1. The van der Waals surface area contributed by atoms with Gasteiger partial charge < -0.3 is 5.32 Å². The van der Waals surface area contributed by atoms with Crippen LogP contribution in [0.4, 0.5) is 4.39 Å². The number of rotatable bonds is 6. The molecule has 0 bridgehead atoms. The number of nitrogens with one attached hydrogen (secondary N) is 1. The van der Waals surface area contributed by atoms with Crippen molar-refractivity contribution in [1.82, 2.24) is 5.32 Å². The maximum atomic E-state index is 13.9. The van der Waals surface area contributed by atoms with E-state index >= 15 is 0 Å². The minimum absolute atomic E-state index is 0.00338. The van der Waals surface area contributed by atoms with Crippen molar-refractivity contribution in [3.05, 3.63) is 34.6 Å². The van der Waals surface area contributed by atoms with Gasteiger partial charge >= 0.3 is 0 Å². The molecular formula is C14H21ClFN. The molecule has 17 heavy (non-hydrogen) atoms. The van der Waals surface area contributed by atoms with Crippen molar-refractivity contribution in [3.63, 3.8) is 0 Å². The third kappa shape index (κ3) is 3.97. The second-order valence-electron chi connectivity index (χ2n) is 4.49. The van der Waals surface area contributed by atoms with Crippen molar-refractivity contribution >= 4 is 11.6 Å². The first-order chi connectivity index (χ1) is 8.10. The lowest BCUT2D eigenvalue weighted by Gasteiger charge is -2.23. The Bertz CT molecular complexity index is 334. The molecule has 0 saturated carbocycles. The molecule has 1 N–H and O–H groups in total. The van der Waals surface area contributed by atoms with Gasteiger partial charge in [-0.1, -0.05) is 44.9 Å². The highest BCUT2D eigenvalue weighted by Gasteiger charge is 2.19. The minimum Gasteiger partial charge on any atom is -0.310 e. The van der Waals surface area contributed by atoms with E-state index in [1.807, 2.05) is 6.92 Å². The summed E-state index contributed by atoms with van der Waals surface area (Å²) in [4.78, 5) is 0. The van der Waals surface area contributed by atoms with Gasteiger partial charge in [0.1, 0.15) is 5.82 Å². The van der Waals surface area contributed by atoms with E-state index in [2.05, 4.69) is 19.2 Å². The standard InChI is InChI=1S/C14H21ClFN/c1-4-10(3)9-13(17-5-2)14-11(15)7-6-8-12(14)16/h6-8,10,13,17H,4-5,9H2,1-3H3. The molecule has 0 spiro atoms. The van der Waals surface area contributed by atoms with Gasteiger partial charge in [0.05, 0.1) is 0 Å². The van der Waals surface area contributed by atoms with Gasteiger partial charge in [-0.2, -0.15) is 0 Å². The summed E-state index contributed by atoms with van der Waals surface area (Å²) >= 11 is 6.11. The highest BCUT2D eigenvalue weighted by Crippen LogP contribution is 2.30. The summed E-state index contributed by atoms with van der Waals surface area (Å²) < 4.78 is 13.9. The molecule has 2 atom stereocenters. The first kappa shape index (κ1) is 14.5. The molecule has 0 aliphatic heterocycles. The number of hydrogen-bond donors (Lipinski definition) is 1. The van der Waals surface area contributed by atoms with Gasteiger partial charge in [0, 0.05) is 16.6 Å². The molecule has 0 aromatic heterocycles. The lowest BCUT2D eigenvalue weighted by atomic mass is 9.94. The van der Waals surface area contributed by atoms with Crippen LogP contribution < -0.4 is 5.32 Å². The zero-order valence-electron chi connectivity index (χ0n) is 10.8. The van der Waals surface area contributed by atoms with Crippen LogP contribution in [-0.4, -0.2) is 6.54 Å². The minimum atomic E-state index is -0.216. The molecule has 1 nitrogen and oxygen atoms in total. The first-order valence-corrected chi connectivity index (χ1v) is 6.65. The van der Waals surface area contributed by atoms with Crippen LogP contribution in [-0.2, 0) is 0 Å². The first-order valence-electron chi connectivity index (χ1n) is 6.27. The summed E-state index contributed by atoms with van der Waals surface area (Å²) in [5.74, 6) is 0.335. The third-order valence-corrected chi connectivity index (χ3v) is 3.46. The van der Waals surface area contributed by atoms with E-state index in [1.165, 1.54) is 6.07 Å². The second-order valence-corrected chi connectivity index (χ2v) is 4.90. The van der Waals surface area contributed by atoms with Crippen molar-refractivity contribution in [3.8, 4) is 0 Å². The fraction of sp³-hybridized carbons (Fsp3) is 0.571. The molecule has 1 rings (SSSR count). The molecule has 2 unspecified atom stereocenters. The van der Waals surface area contributed by atoms with Crippen molar-refractivity contribution in [1.29, 1.82) is 0 Å². The lowest BCUT2D eigenvalue weighted by Crippen LogP contribution is -2.24. The third-order valence-electron chi connectivity index (χ3n) is 3.13. The Kier molecular flexibility index (Phi) is 5.93. The predicted octanol–water partition coefficient (Wildman–Crippen LogP) is 4.57. The maximum Gasteiger partial charge on any atom is 0.129 e. The van der Waals surface area contributed by atoms with Gasteiger partial charge in [0.2, 0.25) is 0 Å². The molecule has 1 aromatic rings. The molecule has 0 heterocycles. The smallest absolute Gasteiger partial charge is 0.129 e. The molecule has 0 radical (unpaired) electrons. The van der Waals surface area contributed by atoms with Crippen molar-refractivity contribution in [2.45, 2.75) is 39.7 Å². The van der Waals surface area contributed by atoms with Crippen molar-refractivity contribution < 1.29 is 4.39 Å². The molecule has 0 aliphatic rings. The normalized spacial score (nSPS) is 14.6. The van der Waals surface area contributed by atoms with Crippen LogP contribution in [0.5, 0.6) is 0 Å². The van der Waals surface area contributed by atoms with Gasteiger partial charge in [-0.3, -0.25) is 0 Å². The molecule has 1 aromatic carbocycles. The van der Waals surface area contributed by atoms with Crippen LogP contribution in [0.1, 0.15) is 45.2 Å². The van der Waals surface area contributed by atoms with Gasteiger partial charge in [0.15, 0.2) is 0 Å². The second kappa shape index (κ2) is 6.97. The van der Waals surface area contributed by atoms with E-state index in [-0.39, 0.29) is 11.9 Å². The van der Waals surface area contributed by atoms with Gasteiger partial charge in [-0.25, -0.2) is 4.39 Å². The fourth-order valence-corrected chi connectivity index (χ4v) is 2.26. The van der Waals surface area contributed by atoms with Crippen LogP contribution in [0.2, 0.25) is 5.02 Å². The Balaban J connectivity index is 2.96. The fourth-order valence-electron chi connectivity index (χ4n) is 1.96. The van der Waals surface area contributed by atoms with E-state index < -0.39 is 0 Å². The summed E-state index contributed by atoms with van der Waals surface area (Å²) in [6.45, 7) is 7.17. The zero-order chi connectivity index (χ0) is 12.8. The van der Waals surface area contributed by atoms with E-state index in [0.29, 0.717) is 16.5 Å². The van der Waals surface area contributed by atoms with E-state index in [1.54, 1.807) is 12.1 Å². The van der Waals surface area contributed by atoms with Crippen LogP contribution in [0.3, 0.4) is 0 Å². The zero-order valence-corrected chi connectivity index (χ0v) is 11.5. The average molecular weight is 258 g/mol. The predicted molar refractivity (Wildman–Crippen MR) is 71.9 cm³/mol. The monoisotopic (exact) mass is 257 g/mol. The van der Waals surface area contributed by atoms with Crippen molar-refractivity contribution in [2.75, 3.05) is 6.54 Å². The molecule has 0 saturated heterocycles. The Morgan fingerprint density at radius 1 is 1.35 bits per heavy atom. The molecule has 0 fully saturated rings. The Morgan fingerprint density at radius 2 is 2.06 bits per heavy atom. The van der Waals surface area contributed by atoms with E-state index in [4.69, 9.17) is 11.6 Å². The maximum absolute atomic E-state index is 13.9. The number of halogens is 2. The SMILES string of the molecule is CCNC(CC(C)CC)c1c(F)cccc1Cl. The van der Waals surface area contributed by atoms with Crippen LogP contribution in [0.25, 0.3) is 0 Å². The van der Waals surface area contributed by atoms with Crippen molar-refractivity contribution in [2.24, 2.45) is 5.92 Å². The highest BCUT2D eigenvalue weighted by molar-refractivity contribution is 6.31. The Morgan fingerprint density at radius 3 is 2.59 bits per heavy atom. The number of hydrogen-bond acceptors (Lipinski definition) is 1. The molecule has 0 amide bonds. The largest absolute Gasteiger partial charge is 0.310 e. The van der Waals surface area contributed by atoms with Crippen LogP contribution >= 0.6 is 11.6 Å². The summed E-state index contributed by atoms with van der Waals surface area (Å²) in [6, 6.07) is 4.87. The van der Waals surface area contributed by atoms with Gasteiger partial charge in [-0.05, 0) is 31.0 Å². The topological polar surface area (TPSA) is 12.0 Å². The molecule has 96 valence electrons. The summed E-state index contributed by atoms with van der Waals surface area (Å²) in [5.41, 5.74) is 0.608. The molecule has 3 heteroatoms.